The van der Waals surface area contributed by atoms with Crippen LogP contribution in [-0.2, 0) is 6.54 Å². The fourth-order valence-electron chi connectivity index (χ4n) is 2.26. The monoisotopic (exact) mass is 301 g/mol. The number of hydrogen-bond donors (Lipinski definition) is 1. The van der Waals surface area contributed by atoms with Gasteiger partial charge in [-0.15, -0.1) is 0 Å². The molecule has 0 fully saturated rings. The molecular formula is C15H16ClN5. The standard InChI is InChI=1S/C15H16ClN5/c1-15(2,17)9-21-13(10-4-3-5-18-7-10)20-12-6-11(16)8-19-14(12)21/h3-8H,9,17H2,1-2H3. The molecule has 0 spiro atoms. The van der Waals surface area contributed by atoms with Gasteiger partial charge in [0.1, 0.15) is 11.3 Å². The predicted octanol–water partition coefficient (Wildman–Crippen LogP) is 2.88. The van der Waals surface area contributed by atoms with Crippen LogP contribution in [0.3, 0.4) is 0 Å². The molecule has 2 N–H and O–H groups in total. The van der Waals surface area contributed by atoms with Gasteiger partial charge in [0.05, 0.1) is 5.02 Å². The Morgan fingerprint density at radius 3 is 2.81 bits per heavy atom. The average molecular weight is 302 g/mol. The Morgan fingerprint density at radius 1 is 1.33 bits per heavy atom. The van der Waals surface area contributed by atoms with Crippen molar-refractivity contribution < 1.29 is 0 Å². The van der Waals surface area contributed by atoms with E-state index in [0.29, 0.717) is 11.6 Å². The number of imidazole rings is 1. The van der Waals surface area contributed by atoms with E-state index in [0.717, 1.165) is 22.6 Å². The summed E-state index contributed by atoms with van der Waals surface area (Å²) in [6.07, 6.45) is 5.14. The summed E-state index contributed by atoms with van der Waals surface area (Å²) >= 11 is 6.01. The number of hydrogen-bond acceptors (Lipinski definition) is 4. The largest absolute Gasteiger partial charge is 0.324 e. The van der Waals surface area contributed by atoms with Gasteiger partial charge in [0.25, 0.3) is 0 Å². The van der Waals surface area contributed by atoms with Crippen molar-refractivity contribution in [1.29, 1.82) is 0 Å². The number of aromatic nitrogens is 4. The van der Waals surface area contributed by atoms with E-state index in [1.807, 2.05) is 36.6 Å². The first-order valence-corrected chi connectivity index (χ1v) is 7.03. The second kappa shape index (κ2) is 5.09. The van der Waals surface area contributed by atoms with Gasteiger partial charge in [-0.3, -0.25) is 4.98 Å². The summed E-state index contributed by atoms with van der Waals surface area (Å²) in [5.74, 6) is 0.798. The first-order valence-electron chi connectivity index (χ1n) is 6.65. The number of pyridine rings is 2. The first-order chi connectivity index (χ1) is 9.94. The van der Waals surface area contributed by atoms with E-state index in [1.54, 1.807) is 18.6 Å². The van der Waals surface area contributed by atoms with Gasteiger partial charge in [-0.25, -0.2) is 9.97 Å². The third kappa shape index (κ3) is 2.89. The van der Waals surface area contributed by atoms with E-state index in [9.17, 15) is 0 Å². The van der Waals surface area contributed by atoms with Gasteiger partial charge in [-0.1, -0.05) is 11.6 Å². The van der Waals surface area contributed by atoms with Crippen LogP contribution in [-0.4, -0.2) is 25.1 Å². The Bertz CT molecular complexity index is 774. The van der Waals surface area contributed by atoms with Gasteiger partial charge in [0, 0.05) is 36.2 Å². The zero-order valence-corrected chi connectivity index (χ0v) is 12.7. The van der Waals surface area contributed by atoms with Gasteiger partial charge in [-0.2, -0.15) is 0 Å². The summed E-state index contributed by atoms with van der Waals surface area (Å²) in [7, 11) is 0. The molecule has 108 valence electrons. The Hall–Kier alpha value is -1.98. The maximum Gasteiger partial charge on any atom is 0.160 e. The molecule has 5 nitrogen and oxygen atoms in total. The van der Waals surface area contributed by atoms with Crippen molar-refractivity contribution in [3.63, 3.8) is 0 Å². The SMILES string of the molecule is CC(C)(N)Cn1c(-c2cccnc2)nc2cc(Cl)cnc21. The van der Waals surface area contributed by atoms with Crippen LogP contribution >= 0.6 is 11.6 Å². The molecule has 0 bridgehead atoms. The summed E-state index contributed by atoms with van der Waals surface area (Å²) in [5, 5.41) is 0.567. The van der Waals surface area contributed by atoms with Gasteiger partial charge in [-0.05, 0) is 32.0 Å². The molecule has 21 heavy (non-hydrogen) atoms. The van der Waals surface area contributed by atoms with Crippen LogP contribution in [0.2, 0.25) is 5.02 Å². The summed E-state index contributed by atoms with van der Waals surface area (Å²) in [6.45, 7) is 4.55. The van der Waals surface area contributed by atoms with Crippen LogP contribution in [0.1, 0.15) is 13.8 Å². The number of halogens is 1. The molecule has 0 aromatic carbocycles. The molecule has 3 rings (SSSR count). The highest BCUT2D eigenvalue weighted by molar-refractivity contribution is 6.31. The molecule has 0 aliphatic rings. The molecule has 0 atom stereocenters. The van der Waals surface area contributed by atoms with Crippen LogP contribution in [0.5, 0.6) is 0 Å². The first kappa shape index (κ1) is 14.0. The fraction of sp³-hybridized carbons (Fsp3) is 0.267. The molecule has 0 saturated carbocycles. The van der Waals surface area contributed by atoms with Crippen molar-refractivity contribution in [1.82, 2.24) is 19.5 Å². The molecular weight excluding hydrogens is 286 g/mol. The molecule has 0 unspecified atom stereocenters. The number of rotatable bonds is 3. The summed E-state index contributed by atoms with van der Waals surface area (Å²) < 4.78 is 2.02. The van der Waals surface area contributed by atoms with Crippen molar-refractivity contribution in [3.05, 3.63) is 41.8 Å². The van der Waals surface area contributed by atoms with Crippen molar-refractivity contribution in [2.45, 2.75) is 25.9 Å². The van der Waals surface area contributed by atoms with Crippen molar-refractivity contribution in [2.24, 2.45) is 5.73 Å². The van der Waals surface area contributed by atoms with Crippen molar-refractivity contribution in [3.8, 4) is 11.4 Å². The molecule has 0 aliphatic heterocycles. The molecule has 0 amide bonds. The number of fused-ring (bicyclic) bond motifs is 1. The lowest BCUT2D eigenvalue weighted by Crippen LogP contribution is -2.37. The van der Waals surface area contributed by atoms with Crippen LogP contribution < -0.4 is 5.73 Å². The lowest BCUT2D eigenvalue weighted by molar-refractivity contribution is 0.441. The van der Waals surface area contributed by atoms with Gasteiger partial charge in [0.2, 0.25) is 0 Å². The van der Waals surface area contributed by atoms with Crippen molar-refractivity contribution >= 4 is 22.8 Å². The molecule has 0 aliphatic carbocycles. The van der Waals surface area contributed by atoms with Gasteiger partial charge < -0.3 is 10.3 Å². The van der Waals surface area contributed by atoms with E-state index in [2.05, 4.69) is 15.0 Å². The Balaban J connectivity index is 2.25. The normalized spacial score (nSPS) is 12.0. The third-order valence-corrected chi connectivity index (χ3v) is 3.24. The molecule has 0 radical (unpaired) electrons. The quantitative estimate of drug-likeness (QED) is 0.807. The molecule has 3 aromatic rings. The Labute approximate surface area is 127 Å². The van der Waals surface area contributed by atoms with Crippen LogP contribution in [0.15, 0.2) is 36.8 Å². The van der Waals surface area contributed by atoms with Crippen molar-refractivity contribution in [2.75, 3.05) is 0 Å². The minimum absolute atomic E-state index is 0.383. The summed E-state index contributed by atoms with van der Waals surface area (Å²) in [5.41, 5.74) is 8.25. The average Bonchev–Trinajstić information content (AvgIpc) is 2.76. The minimum atomic E-state index is -0.383. The number of nitrogens with two attached hydrogens (primary N) is 1. The summed E-state index contributed by atoms with van der Waals surface area (Å²) in [6, 6.07) is 5.66. The molecule has 3 heterocycles. The zero-order valence-electron chi connectivity index (χ0n) is 11.9. The lowest BCUT2D eigenvalue weighted by Gasteiger charge is -2.20. The second-order valence-electron chi connectivity index (χ2n) is 5.75. The summed E-state index contributed by atoms with van der Waals surface area (Å²) in [4.78, 5) is 13.2. The minimum Gasteiger partial charge on any atom is -0.324 e. The van der Waals surface area contributed by atoms with Crippen LogP contribution in [0, 0.1) is 0 Å². The van der Waals surface area contributed by atoms with E-state index in [1.165, 1.54) is 0 Å². The zero-order chi connectivity index (χ0) is 15.0. The van der Waals surface area contributed by atoms with E-state index in [4.69, 9.17) is 17.3 Å². The Morgan fingerprint density at radius 2 is 2.14 bits per heavy atom. The fourth-order valence-corrected chi connectivity index (χ4v) is 2.41. The highest BCUT2D eigenvalue weighted by atomic mass is 35.5. The predicted molar refractivity (Wildman–Crippen MR) is 84.0 cm³/mol. The maximum absolute atomic E-state index is 6.18. The van der Waals surface area contributed by atoms with Crippen LogP contribution in [0.25, 0.3) is 22.6 Å². The van der Waals surface area contributed by atoms with E-state index >= 15 is 0 Å². The van der Waals surface area contributed by atoms with Gasteiger partial charge in [0.15, 0.2) is 5.65 Å². The van der Waals surface area contributed by atoms with E-state index < -0.39 is 0 Å². The smallest absolute Gasteiger partial charge is 0.160 e. The molecule has 0 saturated heterocycles. The van der Waals surface area contributed by atoms with Gasteiger partial charge >= 0.3 is 0 Å². The molecule has 3 aromatic heterocycles. The highest BCUT2D eigenvalue weighted by Gasteiger charge is 2.19. The topological polar surface area (TPSA) is 69.6 Å². The second-order valence-corrected chi connectivity index (χ2v) is 6.18. The van der Waals surface area contributed by atoms with Crippen LogP contribution in [0.4, 0.5) is 0 Å². The van der Waals surface area contributed by atoms with E-state index in [-0.39, 0.29) is 5.54 Å². The Kier molecular flexibility index (Phi) is 3.39. The third-order valence-electron chi connectivity index (χ3n) is 3.04. The lowest BCUT2D eigenvalue weighted by atomic mass is 10.1. The maximum atomic E-state index is 6.18. The number of nitrogens with zero attached hydrogens (tertiary/aromatic N) is 4. The molecule has 6 heteroatoms. The highest BCUT2D eigenvalue weighted by Crippen LogP contribution is 2.26.